The molecule has 0 fully saturated rings. The number of H-pyrrole nitrogens is 1. The summed E-state index contributed by atoms with van der Waals surface area (Å²) >= 11 is 1.72. The molecule has 0 unspecified atom stereocenters. The Balaban J connectivity index is 1.53. The van der Waals surface area contributed by atoms with Crippen molar-refractivity contribution in [3.8, 4) is 0 Å². The molecule has 0 aliphatic rings. The molecule has 184 valence electrons. The van der Waals surface area contributed by atoms with E-state index in [1.165, 1.54) is 4.88 Å². The molecule has 2 aromatic carbocycles. The standard InChI is InChI=1S/C28H30N6OS/c1-19(2)26(27-30-31-32-34(27)16-21-8-5-4-6-9-21)33(18-24-10-7-13-36-24)17-23-15-22-12-11-20(3)14-25(22)29-28(23)35/h4-15,19,26H,16-18H2,1-3H3,(H,29,35)/t26-/m1/s1. The third-order valence-corrected chi connectivity index (χ3v) is 7.28. The van der Waals surface area contributed by atoms with Crippen molar-refractivity contribution in [3.05, 3.63) is 110 Å². The third-order valence-electron chi connectivity index (χ3n) is 6.42. The van der Waals surface area contributed by atoms with E-state index in [1.807, 2.05) is 41.9 Å². The summed E-state index contributed by atoms with van der Waals surface area (Å²) < 4.78 is 1.88. The molecule has 8 heteroatoms. The van der Waals surface area contributed by atoms with Crippen LogP contribution in [0.25, 0.3) is 10.9 Å². The van der Waals surface area contributed by atoms with Crippen LogP contribution in [-0.2, 0) is 19.6 Å². The van der Waals surface area contributed by atoms with Gasteiger partial charge in [0.2, 0.25) is 0 Å². The van der Waals surface area contributed by atoms with Crippen molar-refractivity contribution in [1.29, 1.82) is 0 Å². The van der Waals surface area contributed by atoms with Crippen LogP contribution in [0.4, 0.5) is 0 Å². The van der Waals surface area contributed by atoms with Gasteiger partial charge in [0, 0.05) is 29.0 Å². The van der Waals surface area contributed by atoms with Gasteiger partial charge in [-0.15, -0.1) is 16.4 Å². The number of benzene rings is 2. The lowest BCUT2D eigenvalue weighted by Gasteiger charge is -2.33. The Morgan fingerprint density at radius 3 is 2.61 bits per heavy atom. The number of nitrogens with one attached hydrogen (secondary N) is 1. The minimum atomic E-state index is -0.0843. The van der Waals surface area contributed by atoms with Crippen LogP contribution in [0.3, 0.4) is 0 Å². The molecule has 36 heavy (non-hydrogen) atoms. The zero-order chi connectivity index (χ0) is 25.1. The molecular weight excluding hydrogens is 468 g/mol. The van der Waals surface area contributed by atoms with E-state index in [1.54, 1.807) is 11.3 Å². The number of hydrogen-bond acceptors (Lipinski definition) is 6. The Morgan fingerprint density at radius 2 is 1.86 bits per heavy atom. The average Bonchev–Trinajstić information content (AvgIpc) is 3.53. The van der Waals surface area contributed by atoms with E-state index in [9.17, 15) is 4.79 Å². The maximum absolute atomic E-state index is 13.1. The number of thiophene rings is 1. The molecular formula is C28H30N6OS. The van der Waals surface area contributed by atoms with Crippen molar-refractivity contribution < 1.29 is 0 Å². The van der Waals surface area contributed by atoms with E-state index in [-0.39, 0.29) is 17.5 Å². The molecule has 0 bridgehead atoms. The topological polar surface area (TPSA) is 79.7 Å². The molecule has 0 radical (unpaired) electrons. The second-order valence-corrected chi connectivity index (χ2v) is 10.6. The highest BCUT2D eigenvalue weighted by Crippen LogP contribution is 2.31. The fourth-order valence-corrected chi connectivity index (χ4v) is 5.46. The quantitative estimate of drug-likeness (QED) is 0.297. The predicted molar refractivity (Wildman–Crippen MR) is 144 cm³/mol. The molecule has 5 aromatic rings. The maximum atomic E-state index is 13.1. The molecule has 1 N–H and O–H groups in total. The minimum absolute atomic E-state index is 0.0596. The van der Waals surface area contributed by atoms with E-state index < -0.39 is 0 Å². The monoisotopic (exact) mass is 498 g/mol. The van der Waals surface area contributed by atoms with Gasteiger partial charge in [-0.05, 0) is 63.4 Å². The molecule has 0 amide bonds. The highest BCUT2D eigenvalue weighted by Gasteiger charge is 2.30. The third kappa shape index (κ3) is 5.29. The number of aromatic nitrogens is 5. The second-order valence-electron chi connectivity index (χ2n) is 9.57. The fourth-order valence-electron chi connectivity index (χ4n) is 4.73. The van der Waals surface area contributed by atoms with Gasteiger partial charge in [-0.3, -0.25) is 9.69 Å². The van der Waals surface area contributed by atoms with Crippen molar-refractivity contribution in [2.45, 2.75) is 46.4 Å². The number of rotatable bonds is 9. The number of nitrogens with zero attached hydrogens (tertiary/aromatic N) is 5. The van der Waals surface area contributed by atoms with E-state index in [0.717, 1.165) is 33.4 Å². The summed E-state index contributed by atoms with van der Waals surface area (Å²) in [5.41, 5.74) is 3.79. The van der Waals surface area contributed by atoms with Gasteiger partial charge in [0.25, 0.3) is 5.56 Å². The summed E-state index contributed by atoms with van der Waals surface area (Å²) in [4.78, 5) is 19.8. The highest BCUT2D eigenvalue weighted by atomic mass is 32.1. The summed E-state index contributed by atoms with van der Waals surface area (Å²) in [6.45, 7) is 8.17. The summed E-state index contributed by atoms with van der Waals surface area (Å²) in [6, 6.07) is 22.5. The van der Waals surface area contributed by atoms with Crippen LogP contribution in [-0.4, -0.2) is 30.1 Å². The molecule has 0 saturated carbocycles. The van der Waals surface area contributed by atoms with Crippen molar-refractivity contribution in [3.63, 3.8) is 0 Å². The van der Waals surface area contributed by atoms with Gasteiger partial charge in [-0.25, -0.2) is 4.68 Å². The number of tetrazole rings is 1. The van der Waals surface area contributed by atoms with Gasteiger partial charge < -0.3 is 4.98 Å². The largest absolute Gasteiger partial charge is 0.322 e. The first kappa shape index (κ1) is 24.1. The Kier molecular flexibility index (Phi) is 7.06. The molecule has 3 heterocycles. The van der Waals surface area contributed by atoms with Crippen LogP contribution < -0.4 is 5.56 Å². The Bertz CT molecular complexity index is 1490. The first-order valence-corrected chi connectivity index (χ1v) is 13.0. The zero-order valence-electron chi connectivity index (χ0n) is 20.8. The van der Waals surface area contributed by atoms with Crippen LogP contribution in [0.1, 0.15) is 47.3 Å². The van der Waals surface area contributed by atoms with E-state index >= 15 is 0 Å². The lowest BCUT2D eigenvalue weighted by Crippen LogP contribution is -2.35. The summed E-state index contributed by atoms with van der Waals surface area (Å²) in [6.07, 6.45) is 0. The number of hydrogen-bond donors (Lipinski definition) is 1. The molecule has 0 spiro atoms. The second kappa shape index (κ2) is 10.6. The lowest BCUT2D eigenvalue weighted by atomic mass is 10.00. The summed E-state index contributed by atoms with van der Waals surface area (Å²) in [7, 11) is 0. The zero-order valence-corrected chi connectivity index (χ0v) is 21.6. The smallest absolute Gasteiger partial charge is 0.252 e. The average molecular weight is 499 g/mol. The van der Waals surface area contributed by atoms with Gasteiger partial charge in [-0.1, -0.05) is 62.4 Å². The predicted octanol–water partition coefficient (Wildman–Crippen LogP) is 5.33. The van der Waals surface area contributed by atoms with Gasteiger partial charge in [-0.2, -0.15) is 0 Å². The highest BCUT2D eigenvalue weighted by molar-refractivity contribution is 7.09. The maximum Gasteiger partial charge on any atom is 0.252 e. The van der Waals surface area contributed by atoms with Crippen molar-refractivity contribution in [2.24, 2.45) is 5.92 Å². The Morgan fingerprint density at radius 1 is 1.03 bits per heavy atom. The minimum Gasteiger partial charge on any atom is -0.322 e. The number of aryl methyl sites for hydroxylation is 1. The molecule has 0 saturated heterocycles. The van der Waals surface area contributed by atoms with Crippen LogP contribution in [0, 0.1) is 12.8 Å². The molecule has 3 aromatic heterocycles. The van der Waals surface area contributed by atoms with Crippen LogP contribution in [0.2, 0.25) is 0 Å². The first-order valence-electron chi connectivity index (χ1n) is 12.2. The number of pyridine rings is 1. The SMILES string of the molecule is Cc1ccc2cc(CN(Cc3cccs3)[C@@H](c3nnnn3Cc3ccccc3)C(C)C)c(=O)[nH]c2c1. The van der Waals surface area contributed by atoms with Crippen LogP contribution in [0.5, 0.6) is 0 Å². The van der Waals surface area contributed by atoms with Gasteiger partial charge >= 0.3 is 0 Å². The molecule has 7 nitrogen and oxygen atoms in total. The van der Waals surface area contributed by atoms with Crippen molar-refractivity contribution >= 4 is 22.2 Å². The summed E-state index contributed by atoms with van der Waals surface area (Å²) in [5, 5.41) is 16.0. The van der Waals surface area contributed by atoms with E-state index in [4.69, 9.17) is 0 Å². The van der Waals surface area contributed by atoms with Crippen LogP contribution >= 0.6 is 11.3 Å². The van der Waals surface area contributed by atoms with Gasteiger partial charge in [0.05, 0.1) is 12.6 Å². The van der Waals surface area contributed by atoms with E-state index in [0.29, 0.717) is 19.6 Å². The van der Waals surface area contributed by atoms with Crippen molar-refractivity contribution in [2.75, 3.05) is 0 Å². The molecule has 0 aliphatic heterocycles. The Hall–Kier alpha value is -3.62. The van der Waals surface area contributed by atoms with Gasteiger partial charge in [0.1, 0.15) is 0 Å². The number of aromatic amines is 1. The normalized spacial score (nSPS) is 12.6. The van der Waals surface area contributed by atoms with Gasteiger partial charge in [0.15, 0.2) is 5.82 Å². The molecule has 1 atom stereocenters. The lowest BCUT2D eigenvalue weighted by molar-refractivity contribution is 0.127. The van der Waals surface area contributed by atoms with Crippen molar-refractivity contribution in [1.82, 2.24) is 30.1 Å². The number of fused-ring (bicyclic) bond motifs is 1. The molecule has 0 aliphatic carbocycles. The van der Waals surface area contributed by atoms with E-state index in [2.05, 4.69) is 81.0 Å². The fraction of sp³-hybridized carbons (Fsp3) is 0.286. The van der Waals surface area contributed by atoms with Crippen LogP contribution in [0.15, 0.2) is 76.9 Å². The molecule has 5 rings (SSSR count). The summed E-state index contributed by atoms with van der Waals surface area (Å²) in [5.74, 6) is 1.02. The Labute approximate surface area is 214 Å². The first-order chi connectivity index (χ1) is 17.5.